The molecule has 1 aromatic carbocycles. The van der Waals surface area contributed by atoms with E-state index >= 15 is 0 Å². The fourth-order valence-corrected chi connectivity index (χ4v) is 2.28. The van der Waals surface area contributed by atoms with E-state index in [1.807, 2.05) is 11.8 Å². The number of carboxylic acid groups (broad SMARTS) is 1. The second-order valence-corrected chi connectivity index (χ2v) is 4.74. The summed E-state index contributed by atoms with van der Waals surface area (Å²) in [5.74, 6) is -1.30. The van der Waals surface area contributed by atoms with Crippen molar-refractivity contribution in [1.82, 2.24) is 0 Å². The van der Waals surface area contributed by atoms with Crippen molar-refractivity contribution < 1.29 is 19.6 Å². The van der Waals surface area contributed by atoms with Crippen LogP contribution in [0.2, 0.25) is 0 Å². The highest BCUT2D eigenvalue weighted by atomic mass is 16.6. The molecule has 1 N–H and O–H groups in total. The minimum absolute atomic E-state index is 0.0377. The lowest BCUT2D eigenvalue weighted by atomic mass is 10.1. The van der Waals surface area contributed by atoms with Gasteiger partial charge in [0.2, 0.25) is 0 Å². The second-order valence-electron chi connectivity index (χ2n) is 4.74. The van der Waals surface area contributed by atoms with Crippen molar-refractivity contribution in [2.24, 2.45) is 0 Å². The topological polar surface area (TPSA) is 92.9 Å². The lowest BCUT2D eigenvalue weighted by molar-refractivity contribution is -0.385. The molecule has 0 aliphatic carbocycles. The third kappa shape index (κ3) is 3.05. The zero-order valence-electron chi connectivity index (χ0n) is 11.1. The van der Waals surface area contributed by atoms with Gasteiger partial charge in [0.25, 0.3) is 5.69 Å². The summed E-state index contributed by atoms with van der Waals surface area (Å²) in [6.07, 6.45) is 0.870. The summed E-state index contributed by atoms with van der Waals surface area (Å²) in [5.41, 5.74) is -0.0234. The molecule has 20 heavy (non-hydrogen) atoms. The average molecular weight is 280 g/mol. The number of hydrogen-bond donors (Lipinski definition) is 1. The number of nitro groups is 1. The van der Waals surface area contributed by atoms with E-state index < -0.39 is 10.9 Å². The lowest BCUT2D eigenvalue weighted by Crippen LogP contribution is -2.30. The molecular weight excluding hydrogens is 264 g/mol. The number of rotatable bonds is 3. The number of ether oxygens (including phenoxy) is 1. The smallest absolute Gasteiger partial charge is 0.342 e. The summed E-state index contributed by atoms with van der Waals surface area (Å²) in [6, 6.07) is 4.21. The fraction of sp³-hybridized carbons (Fsp3) is 0.462. The predicted molar refractivity (Wildman–Crippen MR) is 72.3 cm³/mol. The van der Waals surface area contributed by atoms with Gasteiger partial charge in [-0.2, -0.15) is 0 Å². The molecule has 1 saturated heterocycles. The van der Waals surface area contributed by atoms with E-state index in [1.165, 1.54) is 12.1 Å². The molecule has 0 saturated carbocycles. The summed E-state index contributed by atoms with van der Waals surface area (Å²) in [6.45, 7) is 3.96. The first kappa shape index (κ1) is 14.3. The summed E-state index contributed by atoms with van der Waals surface area (Å²) in [5, 5.41) is 20.0. The Morgan fingerprint density at radius 1 is 1.55 bits per heavy atom. The molecule has 1 aromatic rings. The highest BCUT2D eigenvalue weighted by Crippen LogP contribution is 2.27. The summed E-state index contributed by atoms with van der Waals surface area (Å²) >= 11 is 0. The van der Waals surface area contributed by atoms with Crippen molar-refractivity contribution in [1.29, 1.82) is 0 Å². The molecule has 0 radical (unpaired) electrons. The van der Waals surface area contributed by atoms with Gasteiger partial charge < -0.3 is 14.7 Å². The van der Waals surface area contributed by atoms with Crippen LogP contribution >= 0.6 is 0 Å². The number of carboxylic acids is 1. The second kappa shape index (κ2) is 5.87. The number of hydrogen-bond acceptors (Lipinski definition) is 5. The standard InChI is InChI=1S/C13H16N2O5/c1-9-8-14(5-2-6-20-9)10-3-4-11(13(16)17)12(7-10)15(18)19/h3-4,7,9H,2,5-6,8H2,1H3,(H,16,17). The van der Waals surface area contributed by atoms with Crippen LogP contribution in [0.3, 0.4) is 0 Å². The Morgan fingerprint density at radius 2 is 2.30 bits per heavy atom. The van der Waals surface area contributed by atoms with E-state index in [0.29, 0.717) is 18.8 Å². The summed E-state index contributed by atoms with van der Waals surface area (Å²) in [7, 11) is 0. The molecule has 1 heterocycles. The summed E-state index contributed by atoms with van der Waals surface area (Å²) < 4.78 is 5.52. The number of carbonyl (C=O) groups is 1. The maximum atomic E-state index is 11.0. The Morgan fingerprint density at radius 3 is 2.95 bits per heavy atom. The minimum Gasteiger partial charge on any atom is -0.477 e. The van der Waals surface area contributed by atoms with Crippen LogP contribution in [0.5, 0.6) is 0 Å². The minimum atomic E-state index is -1.30. The van der Waals surface area contributed by atoms with E-state index in [-0.39, 0.29) is 17.4 Å². The van der Waals surface area contributed by atoms with Crippen LogP contribution in [0.1, 0.15) is 23.7 Å². The van der Waals surface area contributed by atoms with E-state index in [1.54, 1.807) is 6.07 Å². The van der Waals surface area contributed by atoms with Crippen LogP contribution in [-0.4, -0.2) is 41.8 Å². The number of nitrogens with zero attached hydrogens (tertiary/aromatic N) is 2. The van der Waals surface area contributed by atoms with Crippen molar-refractivity contribution in [2.45, 2.75) is 19.4 Å². The zero-order chi connectivity index (χ0) is 14.7. The Bertz CT molecular complexity index is 531. The van der Waals surface area contributed by atoms with Gasteiger partial charge >= 0.3 is 5.97 Å². The summed E-state index contributed by atoms with van der Waals surface area (Å²) in [4.78, 5) is 23.3. The van der Waals surface area contributed by atoms with Gasteiger partial charge in [0.1, 0.15) is 5.56 Å². The van der Waals surface area contributed by atoms with Crippen LogP contribution < -0.4 is 4.90 Å². The Kier molecular flexibility index (Phi) is 4.19. The average Bonchev–Trinajstić information content (AvgIpc) is 2.62. The van der Waals surface area contributed by atoms with Gasteiger partial charge in [-0.05, 0) is 25.5 Å². The molecule has 108 valence electrons. The maximum absolute atomic E-state index is 11.0. The fourth-order valence-electron chi connectivity index (χ4n) is 2.28. The highest BCUT2D eigenvalue weighted by Gasteiger charge is 2.23. The normalized spacial score (nSPS) is 19.4. The van der Waals surface area contributed by atoms with Crippen molar-refractivity contribution >= 4 is 17.3 Å². The number of aromatic carboxylic acids is 1. The van der Waals surface area contributed by atoms with Crippen molar-refractivity contribution in [3.05, 3.63) is 33.9 Å². The zero-order valence-corrected chi connectivity index (χ0v) is 11.1. The molecule has 1 unspecified atom stereocenters. The SMILES string of the molecule is CC1CN(c2ccc(C(=O)O)c([N+](=O)[O-])c2)CCCO1. The van der Waals surface area contributed by atoms with E-state index in [4.69, 9.17) is 9.84 Å². The first-order valence-corrected chi connectivity index (χ1v) is 6.37. The number of benzene rings is 1. The molecule has 0 spiro atoms. The third-order valence-corrected chi connectivity index (χ3v) is 3.23. The molecule has 0 aromatic heterocycles. The molecule has 0 bridgehead atoms. The number of anilines is 1. The Hall–Kier alpha value is -2.15. The largest absolute Gasteiger partial charge is 0.477 e. The lowest BCUT2D eigenvalue weighted by Gasteiger charge is -2.24. The third-order valence-electron chi connectivity index (χ3n) is 3.23. The van der Waals surface area contributed by atoms with Crippen molar-refractivity contribution in [3.63, 3.8) is 0 Å². The molecule has 1 atom stereocenters. The van der Waals surface area contributed by atoms with E-state index in [2.05, 4.69) is 0 Å². The first-order chi connectivity index (χ1) is 9.49. The molecule has 1 aliphatic rings. The number of nitro benzene ring substituents is 1. The van der Waals surface area contributed by atoms with Gasteiger partial charge in [0.05, 0.1) is 11.0 Å². The van der Waals surface area contributed by atoms with Gasteiger partial charge in [-0.15, -0.1) is 0 Å². The molecule has 1 fully saturated rings. The molecule has 0 amide bonds. The molecule has 2 rings (SSSR count). The van der Waals surface area contributed by atoms with Gasteiger partial charge in [-0.1, -0.05) is 0 Å². The molecule has 7 nitrogen and oxygen atoms in total. The van der Waals surface area contributed by atoms with Gasteiger partial charge in [-0.25, -0.2) is 4.79 Å². The monoisotopic (exact) mass is 280 g/mol. The van der Waals surface area contributed by atoms with Crippen molar-refractivity contribution in [2.75, 3.05) is 24.6 Å². The van der Waals surface area contributed by atoms with Crippen LogP contribution in [0.25, 0.3) is 0 Å². The van der Waals surface area contributed by atoms with E-state index in [0.717, 1.165) is 13.0 Å². The van der Waals surface area contributed by atoms with Gasteiger partial charge in [0.15, 0.2) is 0 Å². The Balaban J connectivity index is 2.35. The van der Waals surface area contributed by atoms with Gasteiger partial charge in [0, 0.05) is 31.5 Å². The van der Waals surface area contributed by atoms with Crippen LogP contribution in [0.15, 0.2) is 18.2 Å². The van der Waals surface area contributed by atoms with E-state index in [9.17, 15) is 14.9 Å². The van der Waals surface area contributed by atoms with Crippen molar-refractivity contribution in [3.8, 4) is 0 Å². The maximum Gasteiger partial charge on any atom is 0.342 e. The molecular formula is C13H16N2O5. The van der Waals surface area contributed by atoms with Crippen LogP contribution in [0, 0.1) is 10.1 Å². The van der Waals surface area contributed by atoms with Crippen LogP contribution in [-0.2, 0) is 4.74 Å². The Labute approximate surface area is 115 Å². The molecule has 1 aliphatic heterocycles. The predicted octanol–water partition coefficient (Wildman–Crippen LogP) is 1.91. The van der Waals surface area contributed by atoms with Gasteiger partial charge in [-0.3, -0.25) is 10.1 Å². The van der Waals surface area contributed by atoms with Crippen LogP contribution in [0.4, 0.5) is 11.4 Å². The molecule has 7 heteroatoms. The first-order valence-electron chi connectivity index (χ1n) is 6.37. The highest BCUT2D eigenvalue weighted by molar-refractivity contribution is 5.93. The quantitative estimate of drug-likeness (QED) is 0.671.